The quantitative estimate of drug-likeness (QED) is 0.840. The van der Waals surface area contributed by atoms with Crippen LogP contribution in [0.2, 0.25) is 0 Å². The van der Waals surface area contributed by atoms with Crippen LogP contribution in [-0.4, -0.2) is 29.6 Å². The summed E-state index contributed by atoms with van der Waals surface area (Å²) < 4.78 is 0. The SMILES string of the molecule is CCNc1ncc(C)c(N(CC)CC2CCC2)n1. The summed E-state index contributed by atoms with van der Waals surface area (Å²) in [6, 6.07) is 0. The summed E-state index contributed by atoms with van der Waals surface area (Å²) in [5.41, 5.74) is 1.16. The van der Waals surface area contributed by atoms with Gasteiger partial charge in [0, 0.05) is 31.4 Å². The molecule has 0 spiro atoms. The van der Waals surface area contributed by atoms with Crippen molar-refractivity contribution in [2.75, 3.05) is 29.9 Å². The molecule has 4 heteroatoms. The number of hydrogen-bond acceptors (Lipinski definition) is 4. The summed E-state index contributed by atoms with van der Waals surface area (Å²) in [5, 5.41) is 3.19. The molecule has 1 fully saturated rings. The molecule has 0 aromatic carbocycles. The normalized spacial score (nSPS) is 15.3. The van der Waals surface area contributed by atoms with Crippen LogP contribution >= 0.6 is 0 Å². The molecule has 1 heterocycles. The van der Waals surface area contributed by atoms with Crippen LogP contribution in [0.1, 0.15) is 38.7 Å². The van der Waals surface area contributed by atoms with Crippen LogP contribution in [0, 0.1) is 12.8 Å². The Morgan fingerprint density at radius 3 is 2.72 bits per heavy atom. The van der Waals surface area contributed by atoms with Crippen molar-refractivity contribution in [2.24, 2.45) is 5.92 Å². The van der Waals surface area contributed by atoms with Crippen molar-refractivity contribution in [3.8, 4) is 0 Å². The zero-order valence-electron chi connectivity index (χ0n) is 11.7. The molecule has 0 aliphatic heterocycles. The number of nitrogens with one attached hydrogen (secondary N) is 1. The number of aryl methyl sites for hydroxylation is 1. The highest BCUT2D eigenvalue weighted by molar-refractivity contribution is 5.49. The van der Waals surface area contributed by atoms with Gasteiger partial charge < -0.3 is 10.2 Å². The minimum atomic E-state index is 0.741. The number of hydrogen-bond donors (Lipinski definition) is 1. The number of rotatable bonds is 6. The second-order valence-corrected chi connectivity index (χ2v) is 5.07. The summed E-state index contributed by atoms with van der Waals surface area (Å²) in [6.45, 7) is 9.37. The molecule has 1 N–H and O–H groups in total. The van der Waals surface area contributed by atoms with E-state index in [1.165, 1.54) is 19.3 Å². The molecule has 0 radical (unpaired) electrons. The van der Waals surface area contributed by atoms with Crippen LogP contribution in [0.15, 0.2) is 6.20 Å². The lowest BCUT2D eigenvalue weighted by Crippen LogP contribution is -2.33. The molecule has 18 heavy (non-hydrogen) atoms. The minimum Gasteiger partial charge on any atom is -0.356 e. The molecule has 0 bridgehead atoms. The van der Waals surface area contributed by atoms with Crippen molar-refractivity contribution in [3.05, 3.63) is 11.8 Å². The van der Waals surface area contributed by atoms with Gasteiger partial charge in [-0.3, -0.25) is 0 Å². The molecule has 1 aliphatic carbocycles. The van der Waals surface area contributed by atoms with Crippen molar-refractivity contribution in [3.63, 3.8) is 0 Å². The molecule has 2 rings (SSSR count). The first-order valence-electron chi connectivity index (χ1n) is 7.07. The third-order valence-corrected chi connectivity index (χ3v) is 3.66. The lowest BCUT2D eigenvalue weighted by atomic mass is 9.85. The average molecular weight is 248 g/mol. The zero-order chi connectivity index (χ0) is 13.0. The van der Waals surface area contributed by atoms with Gasteiger partial charge in [-0.1, -0.05) is 6.42 Å². The van der Waals surface area contributed by atoms with E-state index in [9.17, 15) is 0 Å². The first kappa shape index (κ1) is 13.1. The van der Waals surface area contributed by atoms with E-state index >= 15 is 0 Å². The summed E-state index contributed by atoms with van der Waals surface area (Å²) >= 11 is 0. The summed E-state index contributed by atoms with van der Waals surface area (Å²) in [7, 11) is 0. The second-order valence-electron chi connectivity index (χ2n) is 5.07. The highest BCUT2D eigenvalue weighted by atomic mass is 15.2. The minimum absolute atomic E-state index is 0.741. The Morgan fingerprint density at radius 2 is 2.17 bits per heavy atom. The highest BCUT2D eigenvalue weighted by Gasteiger charge is 2.21. The van der Waals surface area contributed by atoms with Gasteiger partial charge in [0.05, 0.1) is 0 Å². The van der Waals surface area contributed by atoms with Crippen LogP contribution in [-0.2, 0) is 0 Å². The van der Waals surface area contributed by atoms with Crippen molar-refractivity contribution in [1.29, 1.82) is 0 Å². The molecule has 100 valence electrons. The maximum Gasteiger partial charge on any atom is 0.224 e. The van der Waals surface area contributed by atoms with Gasteiger partial charge in [0.2, 0.25) is 5.95 Å². The molecule has 4 nitrogen and oxygen atoms in total. The Balaban J connectivity index is 2.13. The number of anilines is 2. The molecular weight excluding hydrogens is 224 g/mol. The van der Waals surface area contributed by atoms with Crippen molar-refractivity contribution < 1.29 is 0 Å². The fourth-order valence-corrected chi connectivity index (χ4v) is 2.35. The van der Waals surface area contributed by atoms with Crippen LogP contribution in [0.25, 0.3) is 0 Å². The lowest BCUT2D eigenvalue weighted by Gasteiger charge is -2.33. The van der Waals surface area contributed by atoms with Gasteiger partial charge in [-0.05, 0) is 39.5 Å². The summed E-state index contributed by atoms with van der Waals surface area (Å²) in [6.07, 6.45) is 6.07. The predicted molar refractivity (Wildman–Crippen MR) is 76.2 cm³/mol. The third kappa shape index (κ3) is 2.92. The lowest BCUT2D eigenvalue weighted by molar-refractivity contribution is 0.318. The molecule has 1 saturated carbocycles. The van der Waals surface area contributed by atoms with Gasteiger partial charge in [0.15, 0.2) is 0 Å². The third-order valence-electron chi connectivity index (χ3n) is 3.66. The van der Waals surface area contributed by atoms with E-state index in [4.69, 9.17) is 0 Å². The van der Waals surface area contributed by atoms with E-state index < -0.39 is 0 Å². The molecule has 0 amide bonds. The largest absolute Gasteiger partial charge is 0.356 e. The fourth-order valence-electron chi connectivity index (χ4n) is 2.35. The van der Waals surface area contributed by atoms with Gasteiger partial charge in [0.25, 0.3) is 0 Å². The van der Waals surface area contributed by atoms with Gasteiger partial charge >= 0.3 is 0 Å². The molecule has 1 aromatic rings. The molecule has 0 atom stereocenters. The van der Waals surface area contributed by atoms with Gasteiger partial charge in [0.1, 0.15) is 5.82 Å². The van der Waals surface area contributed by atoms with Crippen LogP contribution in [0.4, 0.5) is 11.8 Å². The smallest absolute Gasteiger partial charge is 0.224 e. The second kappa shape index (κ2) is 6.03. The van der Waals surface area contributed by atoms with Crippen molar-refractivity contribution in [1.82, 2.24) is 9.97 Å². The van der Waals surface area contributed by atoms with E-state index in [-0.39, 0.29) is 0 Å². The first-order chi connectivity index (χ1) is 8.74. The monoisotopic (exact) mass is 248 g/mol. The maximum absolute atomic E-state index is 4.65. The van der Waals surface area contributed by atoms with E-state index in [1.807, 2.05) is 6.20 Å². The van der Waals surface area contributed by atoms with E-state index in [0.29, 0.717) is 0 Å². The summed E-state index contributed by atoms with van der Waals surface area (Å²) in [4.78, 5) is 11.3. The van der Waals surface area contributed by atoms with Gasteiger partial charge in [-0.2, -0.15) is 4.98 Å². The van der Waals surface area contributed by atoms with Crippen molar-refractivity contribution in [2.45, 2.75) is 40.0 Å². The standard InChI is InChI=1S/C14H24N4/c1-4-15-14-16-9-11(3)13(17-14)18(5-2)10-12-7-6-8-12/h9,12H,4-8,10H2,1-3H3,(H,15,16,17). The van der Waals surface area contributed by atoms with Crippen LogP contribution in [0.5, 0.6) is 0 Å². The Morgan fingerprint density at radius 1 is 1.39 bits per heavy atom. The fraction of sp³-hybridized carbons (Fsp3) is 0.714. The summed E-state index contributed by atoms with van der Waals surface area (Å²) in [5.74, 6) is 2.70. The predicted octanol–water partition coefficient (Wildman–Crippen LogP) is 2.84. The Hall–Kier alpha value is -1.32. The average Bonchev–Trinajstić information content (AvgIpc) is 2.32. The first-order valence-corrected chi connectivity index (χ1v) is 7.07. The van der Waals surface area contributed by atoms with E-state index in [1.54, 1.807) is 0 Å². The van der Waals surface area contributed by atoms with Crippen molar-refractivity contribution >= 4 is 11.8 Å². The van der Waals surface area contributed by atoms with E-state index in [0.717, 1.165) is 42.9 Å². The Bertz CT molecular complexity index is 387. The molecule has 0 saturated heterocycles. The number of nitrogens with zero attached hydrogens (tertiary/aromatic N) is 3. The zero-order valence-corrected chi connectivity index (χ0v) is 11.7. The Kier molecular flexibility index (Phi) is 4.39. The van der Waals surface area contributed by atoms with E-state index in [2.05, 4.69) is 41.0 Å². The molecule has 1 aliphatic rings. The Labute approximate surface area is 110 Å². The highest BCUT2D eigenvalue weighted by Crippen LogP contribution is 2.29. The van der Waals surface area contributed by atoms with Gasteiger partial charge in [-0.25, -0.2) is 4.98 Å². The maximum atomic E-state index is 4.65. The molecule has 0 unspecified atom stereocenters. The van der Waals surface area contributed by atoms with Crippen LogP contribution < -0.4 is 10.2 Å². The van der Waals surface area contributed by atoms with Crippen LogP contribution in [0.3, 0.4) is 0 Å². The molecule has 1 aromatic heterocycles. The van der Waals surface area contributed by atoms with Gasteiger partial charge in [-0.15, -0.1) is 0 Å². The topological polar surface area (TPSA) is 41.1 Å². The number of aromatic nitrogens is 2. The molecular formula is C14H24N4.